The number of benzene rings is 2. The number of carbonyl (C=O) groups is 1. The van der Waals surface area contributed by atoms with Crippen molar-refractivity contribution >= 4 is 5.91 Å². The Morgan fingerprint density at radius 2 is 2.00 bits per heavy atom. The van der Waals surface area contributed by atoms with Crippen molar-refractivity contribution in [3.63, 3.8) is 0 Å². The molecule has 2 aromatic rings. The lowest BCUT2D eigenvalue weighted by Gasteiger charge is -2.31. The Kier molecular flexibility index (Phi) is 7.20. The molecule has 31 heavy (non-hydrogen) atoms. The molecule has 0 radical (unpaired) electrons. The van der Waals surface area contributed by atoms with E-state index in [-0.39, 0.29) is 23.6 Å². The molecule has 2 aromatic carbocycles. The molecule has 2 atom stereocenters. The van der Waals surface area contributed by atoms with Gasteiger partial charge < -0.3 is 14.8 Å². The van der Waals surface area contributed by atoms with Gasteiger partial charge in [0.1, 0.15) is 18.2 Å². The Morgan fingerprint density at radius 3 is 2.81 bits per heavy atom. The second-order valence-corrected chi connectivity index (χ2v) is 8.51. The summed E-state index contributed by atoms with van der Waals surface area (Å²) in [5.74, 6) is 0.413. The van der Waals surface area contributed by atoms with Crippen molar-refractivity contribution in [2.75, 3.05) is 33.4 Å². The zero-order valence-corrected chi connectivity index (χ0v) is 18.1. The van der Waals surface area contributed by atoms with Crippen molar-refractivity contribution in [1.82, 2.24) is 10.2 Å². The maximum absolute atomic E-state index is 13.9. The highest BCUT2D eigenvalue weighted by Gasteiger charge is 2.44. The summed E-state index contributed by atoms with van der Waals surface area (Å²) in [6, 6.07) is 15.1. The average molecular weight is 427 g/mol. The number of amides is 1. The van der Waals surface area contributed by atoms with Gasteiger partial charge in [-0.25, -0.2) is 4.39 Å². The third kappa shape index (κ3) is 5.83. The van der Waals surface area contributed by atoms with Gasteiger partial charge in [-0.3, -0.25) is 9.69 Å². The monoisotopic (exact) mass is 426 g/mol. The molecule has 2 fully saturated rings. The van der Waals surface area contributed by atoms with Gasteiger partial charge in [-0.1, -0.05) is 30.3 Å². The van der Waals surface area contributed by atoms with Crippen LogP contribution in [0, 0.1) is 11.7 Å². The van der Waals surface area contributed by atoms with E-state index in [2.05, 4.69) is 17.3 Å². The minimum absolute atomic E-state index is 0.0106. The van der Waals surface area contributed by atoms with Crippen LogP contribution in [-0.4, -0.2) is 50.3 Å². The molecule has 1 heterocycles. The van der Waals surface area contributed by atoms with Gasteiger partial charge in [-0.05, 0) is 61.6 Å². The van der Waals surface area contributed by atoms with Crippen LogP contribution in [0.2, 0.25) is 0 Å². The molecule has 0 spiro atoms. The molecule has 166 valence electrons. The number of hydrogen-bond donors (Lipinski definition) is 1. The van der Waals surface area contributed by atoms with E-state index in [0.29, 0.717) is 31.2 Å². The minimum Gasteiger partial charge on any atom is -0.492 e. The number of ether oxygens (including phenoxy) is 2. The number of nitrogens with zero attached hydrogens (tertiary/aromatic N) is 1. The van der Waals surface area contributed by atoms with Gasteiger partial charge in [0.15, 0.2) is 0 Å². The summed E-state index contributed by atoms with van der Waals surface area (Å²) < 4.78 is 25.3. The Bertz CT molecular complexity index is 885. The first-order chi connectivity index (χ1) is 15.1. The fourth-order valence-electron chi connectivity index (χ4n) is 4.29. The highest BCUT2D eigenvalue weighted by atomic mass is 19.1. The molecule has 1 saturated carbocycles. The largest absolute Gasteiger partial charge is 0.492 e. The summed E-state index contributed by atoms with van der Waals surface area (Å²) in [4.78, 5) is 14.8. The molecule has 2 aliphatic rings. The van der Waals surface area contributed by atoms with Crippen molar-refractivity contribution in [3.8, 4) is 5.75 Å². The van der Waals surface area contributed by atoms with Gasteiger partial charge in [0.2, 0.25) is 5.91 Å². The van der Waals surface area contributed by atoms with Crippen LogP contribution in [0.5, 0.6) is 5.75 Å². The van der Waals surface area contributed by atoms with Gasteiger partial charge >= 0.3 is 0 Å². The quantitative estimate of drug-likeness (QED) is 0.664. The number of rotatable bonds is 9. The van der Waals surface area contributed by atoms with Gasteiger partial charge in [-0.15, -0.1) is 0 Å². The zero-order chi connectivity index (χ0) is 21.6. The molecule has 4 rings (SSSR count). The SMILES string of the molecule is CN(CCOc1cccc(CNC(=O)C2CC2c2ccccc2F)c1)C1CCOCC1. The molecule has 1 N–H and O–H groups in total. The lowest BCUT2D eigenvalue weighted by Crippen LogP contribution is -2.38. The van der Waals surface area contributed by atoms with Crippen LogP contribution in [0.15, 0.2) is 48.5 Å². The molecule has 0 aromatic heterocycles. The fourth-order valence-corrected chi connectivity index (χ4v) is 4.29. The molecule has 0 bridgehead atoms. The second-order valence-electron chi connectivity index (χ2n) is 8.51. The number of hydrogen-bond acceptors (Lipinski definition) is 4. The summed E-state index contributed by atoms with van der Waals surface area (Å²) >= 11 is 0. The van der Waals surface area contributed by atoms with E-state index in [9.17, 15) is 9.18 Å². The van der Waals surface area contributed by atoms with Crippen LogP contribution < -0.4 is 10.1 Å². The van der Waals surface area contributed by atoms with E-state index >= 15 is 0 Å². The lowest BCUT2D eigenvalue weighted by molar-refractivity contribution is -0.122. The Labute approximate surface area is 183 Å². The van der Waals surface area contributed by atoms with E-state index < -0.39 is 0 Å². The number of carbonyl (C=O) groups excluding carboxylic acids is 1. The second kappa shape index (κ2) is 10.2. The lowest BCUT2D eigenvalue weighted by atomic mass is 10.1. The van der Waals surface area contributed by atoms with Crippen molar-refractivity contribution in [1.29, 1.82) is 0 Å². The molecule has 1 aliphatic carbocycles. The van der Waals surface area contributed by atoms with Crippen molar-refractivity contribution in [2.24, 2.45) is 5.92 Å². The molecule has 1 saturated heterocycles. The highest BCUT2D eigenvalue weighted by molar-refractivity contribution is 5.82. The molecule has 2 unspecified atom stereocenters. The minimum atomic E-state index is -0.227. The topological polar surface area (TPSA) is 50.8 Å². The first-order valence-electron chi connectivity index (χ1n) is 11.1. The van der Waals surface area contributed by atoms with E-state index in [1.165, 1.54) is 6.07 Å². The predicted octanol–water partition coefficient (Wildman–Crippen LogP) is 3.74. The average Bonchev–Trinajstić information content (AvgIpc) is 3.59. The van der Waals surface area contributed by atoms with E-state index in [0.717, 1.165) is 43.9 Å². The van der Waals surface area contributed by atoms with Crippen LogP contribution in [0.4, 0.5) is 4.39 Å². The maximum Gasteiger partial charge on any atom is 0.224 e. The Morgan fingerprint density at radius 1 is 1.19 bits per heavy atom. The Hall–Kier alpha value is -2.44. The molecule has 6 heteroatoms. The highest BCUT2D eigenvalue weighted by Crippen LogP contribution is 2.48. The van der Waals surface area contributed by atoms with Crippen molar-refractivity contribution in [2.45, 2.75) is 37.8 Å². The Balaban J connectivity index is 1.21. The van der Waals surface area contributed by atoms with Gasteiger partial charge in [0.05, 0.1) is 0 Å². The fraction of sp³-hybridized carbons (Fsp3) is 0.480. The third-order valence-electron chi connectivity index (χ3n) is 6.32. The summed E-state index contributed by atoms with van der Waals surface area (Å²) in [5.41, 5.74) is 1.63. The number of nitrogens with one attached hydrogen (secondary N) is 1. The van der Waals surface area contributed by atoms with E-state index in [1.54, 1.807) is 12.1 Å². The molecular formula is C25H31FN2O3. The standard InChI is InChI=1S/C25H31FN2O3/c1-28(19-9-12-30-13-10-19)11-14-31-20-6-4-5-18(15-20)17-27-25(29)23-16-22(23)21-7-2-3-8-24(21)26/h2-8,15,19,22-23H,9-14,16-17H2,1H3,(H,27,29). The molecule has 1 amide bonds. The van der Waals surface area contributed by atoms with Crippen LogP contribution in [0.3, 0.4) is 0 Å². The van der Waals surface area contributed by atoms with Crippen molar-refractivity contribution < 1.29 is 18.7 Å². The zero-order valence-electron chi connectivity index (χ0n) is 18.1. The van der Waals surface area contributed by atoms with Gasteiger partial charge in [0.25, 0.3) is 0 Å². The van der Waals surface area contributed by atoms with Gasteiger partial charge in [0, 0.05) is 38.3 Å². The normalized spacial score (nSPS) is 21.1. The van der Waals surface area contributed by atoms with E-state index in [4.69, 9.17) is 9.47 Å². The number of likely N-dealkylation sites (N-methyl/N-ethyl adjacent to an activating group) is 1. The third-order valence-corrected chi connectivity index (χ3v) is 6.32. The smallest absolute Gasteiger partial charge is 0.224 e. The van der Waals surface area contributed by atoms with Crippen LogP contribution in [-0.2, 0) is 16.1 Å². The summed E-state index contributed by atoms with van der Waals surface area (Å²) in [7, 11) is 2.14. The first-order valence-corrected chi connectivity index (χ1v) is 11.1. The molecule has 1 aliphatic heterocycles. The first kappa shape index (κ1) is 21.8. The summed E-state index contributed by atoms with van der Waals surface area (Å²) in [6.45, 7) is 3.61. The van der Waals surface area contributed by atoms with Crippen LogP contribution >= 0.6 is 0 Å². The van der Waals surface area contributed by atoms with Gasteiger partial charge in [-0.2, -0.15) is 0 Å². The summed E-state index contributed by atoms with van der Waals surface area (Å²) in [5, 5.41) is 2.99. The molecule has 5 nitrogen and oxygen atoms in total. The summed E-state index contributed by atoms with van der Waals surface area (Å²) in [6.07, 6.45) is 2.85. The number of halogens is 1. The predicted molar refractivity (Wildman–Crippen MR) is 118 cm³/mol. The maximum atomic E-state index is 13.9. The molecular weight excluding hydrogens is 395 g/mol. The van der Waals surface area contributed by atoms with Crippen molar-refractivity contribution in [3.05, 3.63) is 65.5 Å². The van der Waals surface area contributed by atoms with Crippen LogP contribution in [0.1, 0.15) is 36.3 Å². The van der Waals surface area contributed by atoms with Crippen LogP contribution in [0.25, 0.3) is 0 Å². The van der Waals surface area contributed by atoms with E-state index in [1.807, 2.05) is 30.3 Å².